The zero-order valence-corrected chi connectivity index (χ0v) is 17.8. The van der Waals surface area contributed by atoms with E-state index in [9.17, 15) is 24.1 Å². The molecule has 1 aliphatic rings. The number of carbonyl (C=O) groups is 2. The van der Waals surface area contributed by atoms with Crippen LogP contribution >= 0.6 is 11.8 Å². The number of rotatable bonds is 5. The Morgan fingerprint density at radius 1 is 1.16 bits per heavy atom. The second-order valence-corrected chi connectivity index (χ2v) is 8.29. The third-order valence-corrected chi connectivity index (χ3v) is 6.29. The summed E-state index contributed by atoms with van der Waals surface area (Å²) in [6, 6.07) is 17.3. The molecule has 9 heteroatoms. The standard InChI is InChI=1S/C23H18FN3O4S/c1-14-9-10-15(12-20(14)27(30)31)22(29)25-17-6-4-5-16(11-17)23-26(21(28)13-32-23)19-8-3-2-7-18(19)24/h2-12,23H,13H2,1H3,(H,25,29). The van der Waals surface area contributed by atoms with Gasteiger partial charge >= 0.3 is 0 Å². The summed E-state index contributed by atoms with van der Waals surface area (Å²) < 4.78 is 14.4. The van der Waals surface area contributed by atoms with Gasteiger partial charge in [0.25, 0.3) is 11.6 Å². The van der Waals surface area contributed by atoms with E-state index >= 15 is 0 Å². The van der Waals surface area contributed by atoms with Crippen molar-refractivity contribution in [2.24, 2.45) is 0 Å². The van der Waals surface area contributed by atoms with Crippen molar-refractivity contribution in [3.8, 4) is 0 Å². The van der Waals surface area contributed by atoms with Gasteiger partial charge in [-0.1, -0.05) is 30.3 Å². The molecule has 1 saturated heterocycles. The first kappa shape index (κ1) is 21.5. The zero-order chi connectivity index (χ0) is 22.8. The van der Waals surface area contributed by atoms with E-state index in [0.717, 1.165) is 5.56 Å². The summed E-state index contributed by atoms with van der Waals surface area (Å²) in [5, 5.41) is 13.4. The lowest BCUT2D eigenvalue weighted by atomic mass is 10.1. The fourth-order valence-electron chi connectivity index (χ4n) is 3.50. The summed E-state index contributed by atoms with van der Waals surface area (Å²) in [7, 11) is 0. The fourth-order valence-corrected chi connectivity index (χ4v) is 4.66. The third kappa shape index (κ3) is 4.19. The monoisotopic (exact) mass is 451 g/mol. The predicted molar refractivity (Wildman–Crippen MR) is 121 cm³/mol. The summed E-state index contributed by atoms with van der Waals surface area (Å²) >= 11 is 1.37. The minimum atomic E-state index is -0.529. The van der Waals surface area contributed by atoms with E-state index < -0.39 is 22.0 Å². The van der Waals surface area contributed by atoms with E-state index in [2.05, 4.69) is 5.32 Å². The average Bonchev–Trinajstić information content (AvgIpc) is 3.15. The van der Waals surface area contributed by atoms with E-state index in [1.165, 1.54) is 40.9 Å². The average molecular weight is 451 g/mol. The van der Waals surface area contributed by atoms with Gasteiger partial charge in [0.1, 0.15) is 11.2 Å². The van der Waals surface area contributed by atoms with E-state index in [0.29, 0.717) is 11.3 Å². The van der Waals surface area contributed by atoms with Crippen LogP contribution in [0.3, 0.4) is 0 Å². The number of anilines is 2. The number of halogens is 1. The van der Waals surface area contributed by atoms with E-state index in [-0.39, 0.29) is 28.6 Å². The number of thioether (sulfide) groups is 1. The topological polar surface area (TPSA) is 92.6 Å². The highest BCUT2D eigenvalue weighted by Crippen LogP contribution is 2.43. The summed E-state index contributed by atoms with van der Waals surface area (Å²) in [5.74, 6) is -0.973. The maximum Gasteiger partial charge on any atom is 0.273 e. The molecule has 162 valence electrons. The molecule has 1 unspecified atom stereocenters. The van der Waals surface area contributed by atoms with Crippen molar-refractivity contribution in [1.82, 2.24) is 0 Å². The molecule has 1 fully saturated rings. The number of carbonyl (C=O) groups excluding carboxylic acids is 2. The van der Waals surface area contributed by atoms with Crippen LogP contribution in [0, 0.1) is 22.9 Å². The van der Waals surface area contributed by atoms with Crippen LogP contribution in [-0.2, 0) is 4.79 Å². The molecule has 4 rings (SSSR count). The number of hydrogen-bond donors (Lipinski definition) is 1. The number of hydrogen-bond acceptors (Lipinski definition) is 5. The van der Waals surface area contributed by atoms with E-state index in [4.69, 9.17) is 0 Å². The molecule has 1 N–H and O–H groups in total. The van der Waals surface area contributed by atoms with Crippen molar-refractivity contribution in [2.75, 3.05) is 16.0 Å². The van der Waals surface area contributed by atoms with Crippen molar-refractivity contribution < 1.29 is 18.9 Å². The molecule has 0 aliphatic carbocycles. The van der Waals surface area contributed by atoms with Crippen LogP contribution in [0.2, 0.25) is 0 Å². The van der Waals surface area contributed by atoms with Crippen LogP contribution in [0.4, 0.5) is 21.5 Å². The lowest BCUT2D eigenvalue weighted by molar-refractivity contribution is -0.385. The van der Waals surface area contributed by atoms with Crippen molar-refractivity contribution in [1.29, 1.82) is 0 Å². The summed E-state index contributed by atoms with van der Waals surface area (Å²) in [6.45, 7) is 1.60. The molecule has 3 aromatic rings. The van der Waals surface area contributed by atoms with Gasteiger partial charge in [0, 0.05) is 22.9 Å². The van der Waals surface area contributed by atoms with Gasteiger partial charge in [-0.05, 0) is 42.8 Å². The number of nitro benzene ring substituents is 1. The highest BCUT2D eigenvalue weighted by Gasteiger charge is 2.35. The summed E-state index contributed by atoms with van der Waals surface area (Å²) in [6.07, 6.45) is 0. The number of aryl methyl sites for hydroxylation is 1. The molecule has 0 radical (unpaired) electrons. The van der Waals surface area contributed by atoms with Crippen molar-refractivity contribution >= 4 is 40.6 Å². The first-order chi connectivity index (χ1) is 15.3. The highest BCUT2D eigenvalue weighted by atomic mass is 32.2. The van der Waals surface area contributed by atoms with Gasteiger partial charge in [-0.15, -0.1) is 11.8 Å². The van der Waals surface area contributed by atoms with Gasteiger partial charge in [0.15, 0.2) is 0 Å². The SMILES string of the molecule is Cc1ccc(C(=O)Nc2cccc(C3SCC(=O)N3c3ccccc3F)c2)cc1[N+](=O)[O-]. The summed E-state index contributed by atoms with van der Waals surface area (Å²) in [4.78, 5) is 37.2. The molecule has 2 amide bonds. The first-order valence-electron chi connectivity index (χ1n) is 9.69. The Hall–Kier alpha value is -3.72. The molecule has 0 saturated carbocycles. The Balaban J connectivity index is 1.59. The predicted octanol–water partition coefficient (Wildman–Crippen LogP) is 5.07. The van der Waals surface area contributed by atoms with Crippen LogP contribution in [0.15, 0.2) is 66.7 Å². The number of nitro groups is 1. The minimum Gasteiger partial charge on any atom is -0.322 e. The molecule has 32 heavy (non-hydrogen) atoms. The number of para-hydroxylation sites is 1. The summed E-state index contributed by atoms with van der Waals surface area (Å²) in [5.41, 5.74) is 1.87. The van der Waals surface area contributed by atoms with Crippen molar-refractivity contribution in [2.45, 2.75) is 12.3 Å². The normalized spacial score (nSPS) is 15.6. The van der Waals surface area contributed by atoms with Gasteiger partial charge in [0.2, 0.25) is 5.91 Å². The number of nitrogens with zero attached hydrogens (tertiary/aromatic N) is 2. The van der Waals surface area contributed by atoms with Gasteiger partial charge < -0.3 is 5.32 Å². The quantitative estimate of drug-likeness (QED) is 0.432. The number of nitrogens with one attached hydrogen (secondary N) is 1. The second-order valence-electron chi connectivity index (χ2n) is 7.22. The molecular formula is C23H18FN3O4S. The van der Waals surface area contributed by atoms with E-state index in [1.54, 1.807) is 49.4 Å². The van der Waals surface area contributed by atoms with Crippen molar-refractivity contribution in [3.63, 3.8) is 0 Å². The van der Waals surface area contributed by atoms with E-state index in [1.807, 2.05) is 0 Å². The molecule has 1 heterocycles. The highest BCUT2D eigenvalue weighted by molar-refractivity contribution is 8.00. The number of amides is 2. The molecule has 0 aromatic heterocycles. The molecule has 3 aromatic carbocycles. The molecule has 7 nitrogen and oxygen atoms in total. The molecular weight excluding hydrogens is 433 g/mol. The van der Waals surface area contributed by atoms with Crippen molar-refractivity contribution in [3.05, 3.63) is 99.4 Å². The fraction of sp³-hybridized carbons (Fsp3) is 0.130. The second kappa shape index (κ2) is 8.80. The minimum absolute atomic E-state index is 0.132. The molecule has 1 atom stereocenters. The Labute approximate surface area is 187 Å². The van der Waals surface area contributed by atoms with Crippen LogP contribution in [-0.4, -0.2) is 22.5 Å². The molecule has 1 aliphatic heterocycles. The third-order valence-electron chi connectivity index (χ3n) is 5.08. The maximum absolute atomic E-state index is 14.4. The Kier molecular flexibility index (Phi) is 5.91. The smallest absolute Gasteiger partial charge is 0.273 e. The molecule has 0 bridgehead atoms. The van der Waals surface area contributed by atoms with Gasteiger partial charge in [-0.3, -0.25) is 24.6 Å². The largest absolute Gasteiger partial charge is 0.322 e. The van der Waals surface area contributed by atoms with Gasteiger partial charge in [-0.2, -0.15) is 0 Å². The zero-order valence-electron chi connectivity index (χ0n) is 16.9. The first-order valence-corrected chi connectivity index (χ1v) is 10.7. The maximum atomic E-state index is 14.4. The van der Waals surface area contributed by atoms with Crippen LogP contribution < -0.4 is 10.2 Å². The van der Waals surface area contributed by atoms with Gasteiger partial charge in [-0.25, -0.2) is 4.39 Å². The Morgan fingerprint density at radius 3 is 2.69 bits per heavy atom. The molecule has 0 spiro atoms. The van der Waals surface area contributed by atoms with Crippen LogP contribution in [0.5, 0.6) is 0 Å². The lowest BCUT2D eigenvalue weighted by Crippen LogP contribution is -2.28. The van der Waals surface area contributed by atoms with Gasteiger partial charge in [0.05, 0.1) is 16.4 Å². The number of benzene rings is 3. The lowest BCUT2D eigenvalue weighted by Gasteiger charge is -2.25. The van der Waals surface area contributed by atoms with Crippen LogP contribution in [0.25, 0.3) is 0 Å². The Morgan fingerprint density at radius 2 is 1.94 bits per heavy atom. The van der Waals surface area contributed by atoms with Crippen LogP contribution in [0.1, 0.15) is 26.9 Å². The Bertz CT molecular complexity index is 1230.